The van der Waals surface area contributed by atoms with Gasteiger partial charge in [-0.3, -0.25) is 4.79 Å². The predicted octanol–water partition coefficient (Wildman–Crippen LogP) is 3.02. The van der Waals surface area contributed by atoms with Gasteiger partial charge in [-0.1, -0.05) is 42.5 Å². The van der Waals surface area contributed by atoms with Gasteiger partial charge in [0.15, 0.2) is 8.90 Å². The quantitative estimate of drug-likeness (QED) is 0.728. The third-order valence-corrected chi connectivity index (χ3v) is 4.78. The maximum absolute atomic E-state index is 12.8. The van der Waals surface area contributed by atoms with E-state index in [0.29, 0.717) is 17.7 Å². The van der Waals surface area contributed by atoms with Gasteiger partial charge in [-0.25, -0.2) is 0 Å². The summed E-state index contributed by atoms with van der Waals surface area (Å²) < 4.78 is 95.8. The fourth-order valence-corrected chi connectivity index (χ4v) is 3.46. The first-order chi connectivity index (χ1) is 14.3. The van der Waals surface area contributed by atoms with E-state index >= 15 is 0 Å². The number of hydrogen-bond acceptors (Lipinski definition) is 6. The molecule has 0 aromatic heterocycles. The summed E-state index contributed by atoms with van der Waals surface area (Å²) in [7, 11) is -4.46. The topological polar surface area (TPSA) is 95.7 Å². The molecule has 0 radical (unpaired) electrons. The highest BCUT2D eigenvalue weighted by Crippen LogP contribution is 2.35. The largest absolute Gasteiger partial charge is 0.460 e. The van der Waals surface area contributed by atoms with Crippen molar-refractivity contribution >= 4 is 15.9 Å². The first-order valence-electron chi connectivity index (χ1n) is 9.13. The molecule has 0 spiro atoms. The Hall–Kier alpha value is -3.01. The molecule has 0 saturated heterocycles. The van der Waals surface area contributed by atoms with Crippen molar-refractivity contribution in [3.8, 4) is 0 Å². The van der Waals surface area contributed by atoms with E-state index in [0.717, 1.165) is 12.1 Å². The smallest absolute Gasteiger partial charge is 0.416 e. The van der Waals surface area contributed by atoms with Crippen molar-refractivity contribution in [2.24, 2.45) is 5.72 Å². The number of carbonyl (C=O) groups is 1. The normalized spacial score (nSPS) is 21.5. The molecule has 1 aliphatic heterocycles. The van der Waals surface area contributed by atoms with E-state index in [1.54, 1.807) is 18.2 Å². The lowest BCUT2D eigenvalue weighted by Crippen LogP contribution is -2.16. The Morgan fingerprint density at radius 1 is 1.14 bits per heavy atom. The Bertz CT molecular complexity index is 1120. The summed E-state index contributed by atoms with van der Waals surface area (Å²) in [4.78, 5) is 12.8. The van der Waals surface area contributed by atoms with Gasteiger partial charge in [0.25, 0.3) is 0 Å². The fourth-order valence-electron chi connectivity index (χ4n) is 2.40. The van der Waals surface area contributed by atoms with Gasteiger partial charge in [-0.05, 0) is 17.7 Å². The zero-order chi connectivity index (χ0) is 23.0. The number of ketones is 1. The molecule has 0 bridgehead atoms. The molecule has 6 nitrogen and oxygen atoms in total. The lowest BCUT2D eigenvalue weighted by atomic mass is 10.0. The number of nitrogens with two attached hydrogens (primary N) is 1. The second-order valence-electron chi connectivity index (χ2n) is 5.74. The van der Waals surface area contributed by atoms with E-state index in [1.807, 2.05) is 0 Å². The minimum absolute atomic E-state index is 0.258. The van der Waals surface area contributed by atoms with Crippen LogP contribution in [0, 0.1) is 0 Å². The number of hydrogen-bond donors (Lipinski definition) is 1. The summed E-state index contributed by atoms with van der Waals surface area (Å²) >= 11 is 0. The summed E-state index contributed by atoms with van der Waals surface area (Å²) in [6.07, 6.45) is -7.39. The third-order valence-electron chi connectivity index (χ3n) is 3.68. The summed E-state index contributed by atoms with van der Waals surface area (Å²) in [5.74, 6) is -4.12. The molecule has 2 aromatic rings. The molecule has 148 valence electrons. The molecule has 2 aromatic carbocycles. The van der Waals surface area contributed by atoms with Gasteiger partial charge in [0, 0.05) is 5.56 Å². The highest BCUT2D eigenvalue weighted by atomic mass is 32.2. The van der Waals surface area contributed by atoms with Crippen molar-refractivity contribution in [1.82, 2.24) is 0 Å². The highest BCUT2D eigenvalue weighted by Gasteiger charge is 2.40. The average molecular weight is 416 g/mol. The van der Waals surface area contributed by atoms with Crippen LogP contribution in [0.1, 0.15) is 24.1 Å². The van der Waals surface area contributed by atoms with Gasteiger partial charge in [0.05, 0.1) is 6.93 Å². The van der Waals surface area contributed by atoms with Gasteiger partial charge in [-0.15, -0.1) is 0 Å². The van der Waals surface area contributed by atoms with Crippen molar-refractivity contribution in [3.63, 3.8) is 0 Å². The molecule has 28 heavy (non-hydrogen) atoms. The molecule has 0 aliphatic carbocycles. The van der Waals surface area contributed by atoms with Crippen LogP contribution in [-0.2, 0) is 35.8 Å². The summed E-state index contributed by atoms with van der Waals surface area (Å²) in [5.41, 5.74) is -1.34. The Labute approximate surface area is 162 Å². The molecular weight excluding hydrogens is 399 g/mol. The zero-order valence-electron chi connectivity index (χ0n) is 16.9. The Kier molecular flexibility index (Phi) is 4.11. The van der Waals surface area contributed by atoms with Gasteiger partial charge in [0.2, 0.25) is 17.4 Å². The van der Waals surface area contributed by atoms with E-state index in [2.05, 4.69) is 0 Å². The zero-order valence-corrected chi connectivity index (χ0v) is 14.8. The van der Waals surface area contributed by atoms with E-state index < -0.39 is 51.1 Å². The van der Waals surface area contributed by atoms with E-state index in [1.165, 1.54) is 12.1 Å². The first-order valence-corrected chi connectivity index (χ1v) is 9.31. The Morgan fingerprint density at radius 3 is 2.36 bits per heavy atom. The molecule has 0 amide bonds. The van der Waals surface area contributed by atoms with Crippen LogP contribution < -0.4 is 5.72 Å². The maximum Gasteiger partial charge on any atom is 0.416 e. The van der Waals surface area contributed by atoms with Crippen LogP contribution in [0.4, 0.5) is 13.2 Å². The minimum atomic E-state index is -4.66. The number of benzene rings is 2. The third kappa shape index (κ3) is 4.28. The SMILES string of the molecule is [2H]N([2H])C1=C(OS(=O)(=O)Cc2ccccc2)C(=O)C([2H])(c2ccc(C(F)(F)F)cc2)O1. The minimum Gasteiger partial charge on any atom is -0.460 e. The van der Waals surface area contributed by atoms with E-state index in [9.17, 15) is 26.4 Å². The summed E-state index contributed by atoms with van der Waals surface area (Å²) in [6, 6.07) is 10.6. The Balaban J connectivity index is 1.92. The number of carbonyl (C=O) groups excluding carboxylic acids is 1. The second-order valence-corrected chi connectivity index (χ2v) is 7.31. The van der Waals surface area contributed by atoms with Crippen molar-refractivity contribution in [2.45, 2.75) is 18.0 Å². The number of halogens is 3. The van der Waals surface area contributed by atoms with Gasteiger partial charge in [0.1, 0.15) is 5.75 Å². The maximum atomic E-state index is 12.8. The molecule has 1 heterocycles. The van der Waals surface area contributed by atoms with Crippen LogP contribution in [0.5, 0.6) is 0 Å². The summed E-state index contributed by atoms with van der Waals surface area (Å²) in [5, 5.41) is 0. The number of ether oxygens (including phenoxy) is 1. The number of Topliss-reactive ketones (excluding diaryl/α,β-unsaturated/α-hetero) is 1. The van der Waals surface area contributed by atoms with E-state index in [-0.39, 0.29) is 11.3 Å². The van der Waals surface area contributed by atoms with Crippen molar-refractivity contribution in [3.05, 3.63) is 82.9 Å². The fraction of sp³-hybridized carbons (Fsp3) is 0.167. The average Bonchev–Trinajstić information content (AvgIpc) is 2.94. The molecule has 2 N–H and O–H groups in total. The van der Waals surface area contributed by atoms with Crippen molar-refractivity contribution in [1.29, 1.82) is 0 Å². The molecule has 3 rings (SSSR count). The standard InChI is InChI=1S/C18H14F3NO5S/c19-18(20,21)13-8-6-12(7-9-13)15-14(23)16(17(22)26-15)27-28(24,25)10-11-4-2-1-3-5-11/h1-9,15H,10,22H2/i15D/hD2. The van der Waals surface area contributed by atoms with Crippen LogP contribution in [0.25, 0.3) is 0 Å². The van der Waals surface area contributed by atoms with Crippen molar-refractivity contribution < 1.29 is 39.5 Å². The Morgan fingerprint density at radius 2 is 1.79 bits per heavy atom. The number of alkyl halides is 3. The number of rotatable bonds is 6. The second kappa shape index (κ2) is 7.19. The van der Waals surface area contributed by atoms with Crippen LogP contribution in [0.3, 0.4) is 0 Å². The molecule has 1 aliphatic rings. The lowest BCUT2D eigenvalue weighted by Gasteiger charge is -2.12. The molecule has 0 saturated carbocycles. The molecule has 0 fully saturated rings. The first kappa shape index (κ1) is 16.0. The summed E-state index contributed by atoms with van der Waals surface area (Å²) in [6.45, 7) is 0. The molecular formula is C18H14F3NO5S. The van der Waals surface area contributed by atoms with Crippen LogP contribution in [0.2, 0.25) is 2.82 Å². The van der Waals surface area contributed by atoms with E-state index in [4.69, 9.17) is 13.1 Å². The molecule has 10 heteroatoms. The van der Waals surface area contributed by atoms with Gasteiger partial charge < -0.3 is 14.6 Å². The molecule has 1 atom stereocenters. The monoisotopic (exact) mass is 416 g/mol. The van der Waals surface area contributed by atoms with Crippen LogP contribution in [0.15, 0.2) is 66.2 Å². The predicted molar refractivity (Wildman–Crippen MR) is 91.6 cm³/mol. The van der Waals surface area contributed by atoms with Gasteiger partial charge >= 0.3 is 16.3 Å². The van der Waals surface area contributed by atoms with Gasteiger partial charge in [-0.2, -0.15) is 21.6 Å². The molecule has 1 unspecified atom stereocenters. The highest BCUT2D eigenvalue weighted by molar-refractivity contribution is 7.86. The van der Waals surface area contributed by atoms with Crippen molar-refractivity contribution in [2.75, 3.05) is 0 Å². The van der Waals surface area contributed by atoms with Crippen LogP contribution in [-0.4, -0.2) is 14.2 Å². The van der Waals surface area contributed by atoms with Crippen LogP contribution >= 0.6 is 0 Å². The lowest BCUT2D eigenvalue weighted by molar-refractivity contribution is -0.137.